The van der Waals surface area contributed by atoms with Gasteiger partial charge in [-0.3, -0.25) is 14.6 Å². The molecule has 6 heteroatoms. The van der Waals surface area contributed by atoms with Gasteiger partial charge in [0, 0.05) is 30.1 Å². The molecular weight excluding hydrogens is 256 g/mol. The minimum Gasteiger partial charge on any atom is -0.349 e. The van der Waals surface area contributed by atoms with Crippen molar-refractivity contribution in [3.05, 3.63) is 41.7 Å². The summed E-state index contributed by atoms with van der Waals surface area (Å²) in [7, 11) is 0. The lowest BCUT2D eigenvalue weighted by atomic mass is 9.86. The number of nitrogens with zero attached hydrogens (tertiary/aromatic N) is 3. The summed E-state index contributed by atoms with van der Waals surface area (Å²) in [6, 6.07) is 3.41. The molecule has 2 atom stereocenters. The fourth-order valence-electron chi connectivity index (χ4n) is 2.56. The Hall–Kier alpha value is -2.37. The van der Waals surface area contributed by atoms with E-state index in [4.69, 9.17) is 0 Å². The second-order valence-corrected chi connectivity index (χ2v) is 4.98. The summed E-state index contributed by atoms with van der Waals surface area (Å²) in [5.74, 6) is -0.419. The van der Waals surface area contributed by atoms with Crippen LogP contribution in [0.3, 0.4) is 0 Å². The number of pyridine rings is 1. The molecule has 1 fully saturated rings. The van der Waals surface area contributed by atoms with E-state index in [1.165, 1.54) is 0 Å². The highest BCUT2D eigenvalue weighted by Crippen LogP contribution is 2.29. The van der Waals surface area contributed by atoms with Crippen LogP contribution < -0.4 is 5.32 Å². The van der Waals surface area contributed by atoms with Crippen LogP contribution in [0.25, 0.3) is 0 Å². The molecule has 0 spiro atoms. The summed E-state index contributed by atoms with van der Waals surface area (Å²) in [5, 5.41) is 10.5. The molecule has 1 aliphatic heterocycles. The van der Waals surface area contributed by atoms with Crippen LogP contribution in [0.15, 0.2) is 46.4 Å². The number of carbonyl (C=O) groups is 2. The normalized spacial score (nSPS) is 24.8. The zero-order chi connectivity index (χ0) is 13.9. The van der Waals surface area contributed by atoms with Gasteiger partial charge in [-0.25, -0.2) is 0 Å². The molecule has 0 bridgehead atoms. The third-order valence-corrected chi connectivity index (χ3v) is 3.58. The van der Waals surface area contributed by atoms with Gasteiger partial charge < -0.3 is 5.32 Å². The zero-order valence-electron chi connectivity index (χ0n) is 10.8. The first-order chi connectivity index (χ1) is 9.72. The van der Waals surface area contributed by atoms with E-state index in [0.717, 1.165) is 18.4 Å². The lowest BCUT2D eigenvalue weighted by Gasteiger charge is -2.30. The van der Waals surface area contributed by atoms with Gasteiger partial charge in [0.25, 0.3) is 11.8 Å². The summed E-state index contributed by atoms with van der Waals surface area (Å²) in [4.78, 5) is 27.2. The first-order valence-corrected chi connectivity index (χ1v) is 6.58. The van der Waals surface area contributed by atoms with E-state index in [1.54, 1.807) is 30.6 Å². The third-order valence-electron chi connectivity index (χ3n) is 3.58. The molecular formula is C14H14N4O2. The van der Waals surface area contributed by atoms with Crippen molar-refractivity contribution in [3.63, 3.8) is 0 Å². The van der Waals surface area contributed by atoms with Gasteiger partial charge >= 0.3 is 0 Å². The van der Waals surface area contributed by atoms with Crippen LogP contribution in [-0.2, 0) is 4.79 Å². The van der Waals surface area contributed by atoms with Gasteiger partial charge in [-0.05, 0) is 37.0 Å². The topological polar surface area (TPSA) is 83.8 Å². The number of carbonyl (C=O) groups excluding carboxylic acids is 2. The molecule has 1 aliphatic carbocycles. The Morgan fingerprint density at radius 3 is 2.85 bits per heavy atom. The highest BCUT2D eigenvalue weighted by atomic mass is 16.2. The molecule has 102 valence electrons. The minimum absolute atomic E-state index is 0.0155. The van der Waals surface area contributed by atoms with E-state index < -0.39 is 0 Å². The van der Waals surface area contributed by atoms with E-state index in [9.17, 15) is 9.59 Å². The minimum atomic E-state index is -0.308. The summed E-state index contributed by atoms with van der Waals surface area (Å²) in [6.07, 6.45) is 7.04. The molecule has 1 N–H and O–H groups in total. The summed E-state index contributed by atoms with van der Waals surface area (Å²) >= 11 is 0. The number of amides is 2. The number of azo groups is 1. The number of hydrogen-bond donors (Lipinski definition) is 1. The molecule has 2 unspecified atom stereocenters. The highest BCUT2D eigenvalue weighted by Gasteiger charge is 2.29. The Bertz CT molecular complexity index is 594. The predicted octanol–water partition coefficient (Wildman–Crippen LogP) is 1.65. The van der Waals surface area contributed by atoms with Gasteiger partial charge in [-0.2, -0.15) is 5.11 Å². The summed E-state index contributed by atoms with van der Waals surface area (Å²) < 4.78 is 0. The van der Waals surface area contributed by atoms with Crippen molar-refractivity contribution < 1.29 is 9.59 Å². The van der Waals surface area contributed by atoms with Crippen LogP contribution >= 0.6 is 0 Å². The van der Waals surface area contributed by atoms with Gasteiger partial charge in [0.15, 0.2) is 0 Å². The Balaban J connectivity index is 1.65. The molecule has 6 nitrogen and oxygen atoms in total. The van der Waals surface area contributed by atoms with Gasteiger partial charge in [0.1, 0.15) is 0 Å². The van der Waals surface area contributed by atoms with E-state index in [1.807, 2.05) is 0 Å². The van der Waals surface area contributed by atoms with E-state index in [-0.39, 0.29) is 23.9 Å². The second kappa shape index (κ2) is 5.32. The van der Waals surface area contributed by atoms with Crippen LogP contribution in [-0.4, -0.2) is 28.9 Å². The van der Waals surface area contributed by atoms with Crippen LogP contribution in [0.5, 0.6) is 0 Å². The number of hydrogen-bond acceptors (Lipinski definition) is 4. The van der Waals surface area contributed by atoms with Crippen LogP contribution in [0, 0.1) is 0 Å². The maximum atomic E-state index is 12.1. The first-order valence-electron chi connectivity index (χ1n) is 6.58. The van der Waals surface area contributed by atoms with Gasteiger partial charge in [0.2, 0.25) is 0 Å². The molecule has 2 heterocycles. The van der Waals surface area contributed by atoms with Gasteiger partial charge in [-0.15, -0.1) is 5.11 Å². The Labute approximate surface area is 116 Å². The van der Waals surface area contributed by atoms with Crippen molar-refractivity contribution in [1.82, 2.24) is 10.3 Å². The molecule has 1 saturated carbocycles. The second-order valence-electron chi connectivity index (χ2n) is 4.98. The maximum absolute atomic E-state index is 12.1. The average molecular weight is 270 g/mol. The zero-order valence-corrected chi connectivity index (χ0v) is 10.8. The van der Waals surface area contributed by atoms with E-state index in [0.29, 0.717) is 12.0 Å². The van der Waals surface area contributed by atoms with Crippen LogP contribution in [0.1, 0.15) is 29.6 Å². The third kappa shape index (κ3) is 2.64. The number of aromatic nitrogens is 1. The van der Waals surface area contributed by atoms with Gasteiger partial charge in [0.05, 0.1) is 6.04 Å². The lowest BCUT2D eigenvalue weighted by molar-refractivity contribution is -0.114. The molecule has 0 saturated heterocycles. The fraction of sp³-hybridized carbons (Fsp3) is 0.357. The quantitative estimate of drug-likeness (QED) is 0.886. The van der Waals surface area contributed by atoms with Crippen molar-refractivity contribution in [2.45, 2.75) is 31.3 Å². The van der Waals surface area contributed by atoms with Crippen molar-refractivity contribution >= 4 is 11.8 Å². The molecule has 20 heavy (non-hydrogen) atoms. The monoisotopic (exact) mass is 270 g/mol. The van der Waals surface area contributed by atoms with Crippen molar-refractivity contribution in [3.8, 4) is 0 Å². The lowest BCUT2D eigenvalue weighted by Crippen LogP contribution is -2.39. The largest absolute Gasteiger partial charge is 0.349 e. The summed E-state index contributed by atoms with van der Waals surface area (Å²) in [6.45, 7) is 0. The molecule has 1 aromatic heterocycles. The SMILES string of the molecule is O=C1C=C2CC(NC(=O)c3ccncc3)CCC2N=N1. The van der Waals surface area contributed by atoms with Gasteiger partial charge in [-0.1, -0.05) is 0 Å². The Kier molecular flexibility index (Phi) is 3.37. The molecule has 2 aliphatic rings. The number of nitrogens with one attached hydrogen (secondary N) is 1. The Morgan fingerprint density at radius 2 is 2.05 bits per heavy atom. The molecule has 0 radical (unpaired) electrons. The fourth-order valence-corrected chi connectivity index (χ4v) is 2.56. The highest BCUT2D eigenvalue weighted by molar-refractivity contribution is 5.94. The number of rotatable bonds is 2. The standard InChI is InChI=1S/C14H14N4O2/c19-13-8-10-7-11(1-2-12(10)17-18-13)16-14(20)9-3-5-15-6-4-9/h3-6,8,11-12H,1-2,7H2,(H,16,20). The summed E-state index contributed by atoms with van der Waals surface area (Å²) in [5.41, 5.74) is 1.56. The predicted molar refractivity (Wildman–Crippen MR) is 71.1 cm³/mol. The maximum Gasteiger partial charge on any atom is 0.287 e. The van der Waals surface area contributed by atoms with Crippen molar-refractivity contribution in [2.24, 2.45) is 10.2 Å². The molecule has 3 rings (SSSR count). The van der Waals surface area contributed by atoms with Crippen LogP contribution in [0.2, 0.25) is 0 Å². The molecule has 0 aromatic carbocycles. The molecule has 1 aromatic rings. The first kappa shape index (κ1) is 12.7. The smallest absolute Gasteiger partial charge is 0.287 e. The number of fused-ring (bicyclic) bond motifs is 1. The van der Waals surface area contributed by atoms with E-state index >= 15 is 0 Å². The molecule has 2 amide bonds. The van der Waals surface area contributed by atoms with Crippen molar-refractivity contribution in [2.75, 3.05) is 0 Å². The average Bonchev–Trinajstić information content (AvgIpc) is 2.47. The van der Waals surface area contributed by atoms with E-state index in [2.05, 4.69) is 20.5 Å². The van der Waals surface area contributed by atoms with Crippen molar-refractivity contribution in [1.29, 1.82) is 0 Å². The Morgan fingerprint density at radius 1 is 1.25 bits per heavy atom. The van der Waals surface area contributed by atoms with Crippen LogP contribution in [0.4, 0.5) is 0 Å².